The molecular weight excluding hydrogens is 510 g/mol. The third-order valence-electron chi connectivity index (χ3n) is 1.14. The molecule has 0 fully saturated rings. The third-order valence-corrected chi connectivity index (χ3v) is 3.42. The number of hydrogen-bond acceptors (Lipinski definition) is 8. The van der Waals surface area contributed by atoms with E-state index >= 15 is 0 Å². The summed E-state index contributed by atoms with van der Waals surface area (Å²) in [4.78, 5) is 54.9. The Morgan fingerprint density at radius 1 is 0.789 bits per heavy atom. The van der Waals surface area contributed by atoms with Crippen molar-refractivity contribution in [2.75, 3.05) is 18.9 Å². The summed E-state index contributed by atoms with van der Waals surface area (Å²) in [6.07, 6.45) is -3.79. The maximum Gasteiger partial charge on any atom is 2.00 e. The van der Waals surface area contributed by atoms with Gasteiger partial charge in [0.25, 0.3) is 0 Å². The van der Waals surface area contributed by atoms with E-state index in [4.69, 9.17) is 19.6 Å². The normalized spacial score (nSPS) is 12.2. The van der Waals surface area contributed by atoms with Crippen molar-refractivity contribution in [1.29, 1.82) is 0 Å². The predicted molar refractivity (Wildman–Crippen MR) is 58.2 cm³/mol. The van der Waals surface area contributed by atoms with Crippen molar-refractivity contribution in [1.82, 2.24) is 17.2 Å². The molecule has 122 valence electrons. The largest absolute Gasteiger partial charge is 2.00 e. The van der Waals surface area contributed by atoms with Crippen molar-refractivity contribution >= 4 is 22.8 Å². The monoisotopic (exact) mass is 526 g/mol. The first-order valence-electron chi connectivity index (χ1n) is 3.61. The fraction of sp³-hybridized carbons (Fsp3) is 1.00. The Hall–Kier alpha value is 1.02. The summed E-state index contributed by atoms with van der Waals surface area (Å²) in [6.45, 7) is 0. The van der Waals surface area contributed by atoms with Crippen molar-refractivity contribution < 1.29 is 64.1 Å². The van der Waals surface area contributed by atoms with E-state index in [0.29, 0.717) is 0 Å². The van der Waals surface area contributed by atoms with Crippen molar-refractivity contribution in [2.45, 2.75) is 0 Å². The molecule has 0 aromatic heterocycles. The molecule has 0 atom stereocenters. The van der Waals surface area contributed by atoms with Gasteiger partial charge in [-0.15, -0.1) is 0 Å². The van der Waals surface area contributed by atoms with Gasteiger partial charge in [-0.1, -0.05) is 7.60 Å². The molecule has 0 aliphatic carbocycles. The van der Waals surface area contributed by atoms with Crippen LogP contribution in [0.5, 0.6) is 0 Å². The number of rotatable bonds is 6. The smallest absolute Gasteiger partial charge is 0.810 e. The van der Waals surface area contributed by atoms with Crippen LogP contribution in [0.4, 0.5) is 0 Å². The second-order valence-electron chi connectivity index (χ2n) is 3.04. The van der Waals surface area contributed by atoms with Crippen molar-refractivity contribution in [3.8, 4) is 0 Å². The van der Waals surface area contributed by atoms with Gasteiger partial charge in [-0.25, -0.2) is 0 Å². The van der Waals surface area contributed by atoms with Crippen LogP contribution in [0.3, 0.4) is 0 Å². The molecule has 0 saturated carbocycles. The van der Waals surface area contributed by atoms with Gasteiger partial charge < -0.3 is 46.2 Å². The van der Waals surface area contributed by atoms with Crippen molar-refractivity contribution in [2.24, 2.45) is 0 Å². The first kappa shape index (κ1) is 28.2. The van der Waals surface area contributed by atoms with Gasteiger partial charge in [-0.05, 0) is 0 Å². The van der Waals surface area contributed by atoms with E-state index in [2.05, 4.69) is 0 Å². The summed E-state index contributed by atoms with van der Waals surface area (Å²) in [5.41, 5.74) is 0. The van der Waals surface area contributed by atoms with E-state index < -0.39 is 41.6 Å². The Labute approximate surface area is 123 Å². The number of hydrogen-bond donors (Lipinski definition) is 6. The van der Waals surface area contributed by atoms with Crippen LogP contribution in [0.2, 0.25) is 0 Å². The molecule has 0 spiro atoms. The van der Waals surface area contributed by atoms with Gasteiger partial charge in [0.2, 0.25) is 0 Å². The summed E-state index contributed by atoms with van der Waals surface area (Å²) in [5, 5.41) is 0. The molecule has 0 bridgehead atoms. The van der Waals surface area contributed by atoms with E-state index in [1.165, 1.54) is 0 Å². The Morgan fingerprint density at radius 2 is 1.05 bits per heavy atom. The van der Waals surface area contributed by atoms with Crippen LogP contribution in [0.1, 0.15) is 0 Å². The molecule has 0 radical (unpaired) electrons. The van der Waals surface area contributed by atoms with Crippen molar-refractivity contribution in [3.05, 3.63) is 0 Å². The molecule has 16 heteroatoms. The van der Waals surface area contributed by atoms with E-state index in [1.807, 2.05) is 0 Å². The Balaban J connectivity index is -0.000000375. The molecule has 0 amide bonds. The van der Waals surface area contributed by atoms with Crippen LogP contribution >= 0.6 is 22.8 Å². The Kier molecular flexibility index (Phi) is 14.7. The maximum atomic E-state index is 10.5. The minimum atomic E-state index is -5.15. The molecule has 0 rings (SSSR count). The molecular formula is C3H16N3O9P3Pt. The molecule has 0 aliphatic rings. The molecule has 0 saturated heterocycles. The zero-order valence-electron chi connectivity index (χ0n) is 9.47. The van der Waals surface area contributed by atoms with Crippen LogP contribution in [0.15, 0.2) is 0 Å². The van der Waals surface area contributed by atoms with Gasteiger partial charge in [-0.2, -0.15) is 0 Å². The Morgan fingerprint density at radius 3 is 1.21 bits per heavy atom. The van der Waals surface area contributed by atoms with E-state index in [0.717, 1.165) is 0 Å². The maximum absolute atomic E-state index is 10.5. The zero-order chi connectivity index (χ0) is 13.2. The molecule has 0 heterocycles. The van der Waals surface area contributed by atoms with Crippen LogP contribution in [0.25, 0.3) is 0 Å². The summed E-state index contributed by atoms with van der Waals surface area (Å²) < 4.78 is 31.4. The van der Waals surface area contributed by atoms with E-state index in [1.54, 1.807) is 0 Å². The zero-order valence-corrected chi connectivity index (χ0v) is 14.4. The van der Waals surface area contributed by atoms with Gasteiger partial charge in [0, 0.05) is 6.29 Å². The number of nitrogens with zero attached hydrogens (tertiary/aromatic N) is 1. The van der Waals surface area contributed by atoms with Crippen LogP contribution in [-0.4, -0.2) is 43.3 Å². The minimum absolute atomic E-state index is 0. The Bertz CT molecular complexity index is 317. The van der Waals surface area contributed by atoms with Gasteiger partial charge >= 0.3 is 36.3 Å². The van der Waals surface area contributed by atoms with Crippen molar-refractivity contribution in [3.63, 3.8) is 0 Å². The quantitative estimate of drug-likeness (QED) is 0.201. The second-order valence-corrected chi connectivity index (χ2v) is 7.76. The average Bonchev–Trinajstić information content (AvgIpc) is 1.70. The predicted octanol–water partition coefficient (Wildman–Crippen LogP) is -2.25. The summed E-state index contributed by atoms with van der Waals surface area (Å²) in [6, 6.07) is 0. The van der Waals surface area contributed by atoms with Gasteiger partial charge in [0.1, 0.15) is 12.6 Å². The molecule has 10 N–H and O–H groups in total. The van der Waals surface area contributed by atoms with E-state index in [9.17, 15) is 23.5 Å². The second kappa shape index (κ2) is 9.86. The van der Waals surface area contributed by atoms with Gasteiger partial charge in [0.15, 0.2) is 0 Å². The minimum Gasteiger partial charge on any atom is -0.810 e. The van der Waals surface area contributed by atoms with Crippen LogP contribution in [0, 0.1) is 0 Å². The fourth-order valence-electron chi connectivity index (χ4n) is 0.900. The van der Waals surface area contributed by atoms with Crippen LogP contribution < -0.4 is 22.1 Å². The fourth-order valence-corrected chi connectivity index (χ4v) is 3.51. The summed E-state index contributed by atoms with van der Waals surface area (Å²) in [5.74, 6) is 0. The summed E-state index contributed by atoms with van der Waals surface area (Å²) in [7, 11) is -14.6. The standard InChI is InChI=1S/C3H12NO9P3.2H3N.Pt/c5-14(6,7)1-4(2-15(8,9)10)3-16(11,12)13;;;/h1-3H2,(H2,5,6,7)(H2,8,9,10)(H2,11,12,13);2*1H3;/q;;;+2/p-2. The SMILES string of the molecule is N.N.O=P([O-])([O-])CN(CP(=O)(O)O)CP(=O)(O)O.[Pt+2]. The molecule has 19 heavy (non-hydrogen) atoms. The van der Waals surface area contributed by atoms with E-state index in [-0.39, 0.29) is 38.3 Å². The topological polar surface area (TPSA) is 251 Å². The van der Waals surface area contributed by atoms with Gasteiger partial charge in [-0.3, -0.25) is 14.0 Å². The third kappa shape index (κ3) is 21.5. The molecule has 0 aromatic carbocycles. The summed E-state index contributed by atoms with van der Waals surface area (Å²) >= 11 is 0. The molecule has 0 aromatic rings. The van der Waals surface area contributed by atoms with Crippen LogP contribution in [-0.2, 0) is 34.8 Å². The molecule has 0 aliphatic heterocycles. The first-order chi connectivity index (χ1) is 6.79. The molecule has 0 unspecified atom stereocenters. The molecule has 12 nitrogen and oxygen atoms in total. The first-order valence-corrected chi connectivity index (χ1v) is 8.93. The average molecular weight is 526 g/mol. The van der Waals surface area contributed by atoms with Gasteiger partial charge in [0.05, 0.1) is 0 Å².